The van der Waals surface area contributed by atoms with Crippen LogP contribution in [0.15, 0.2) is 10.6 Å². The fourth-order valence-electron chi connectivity index (χ4n) is 2.61. The first-order valence-corrected chi connectivity index (χ1v) is 6.77. The van der Waals surface area contributed by atoms with Crippen molar-refractivity contribution in [2.75, 3.05) is 13.1 Å². The lowest BCUT2D eigenvalue weighted by atomic mass is 9.96. The largest absolute Gasteiger partial charge is 0.391 e. The fraction of sp³-hybridized carbons (Fsp3) is 0.769. The summed E-state index contributed by atoms with van der Waals surface area (Å²) >= 11 is 0. The highest BCUT2D eigenvalue weighted by Gasteiger charge is 2.41. The van der Waals surface area contributed by atoms with Crippen LogP contribution in [0.4, 0.5) is 13.2 Å². The molecule has 6 heteroatoms. The Morgan fingerprint density at radius 2 is 1.89 bits per heavy atom. The molecule has 1 aliphatic heterocycles. The van der Waals surface area contributed by atoms with Gasteiger partial charge in [0.2, 0.25) is 0 Å². The van der Waals surface area contributed by atoms with Crippen molar-refractivity contribution >= 4 is 0 Å². The second-order valence-electron chi connectivity index (χ2n) is 5.59. The van der Waals surface area contributed by atoms with Gasteiger partial charge in [-0.15, -0.1) is 0 Å². The van der Waals surface area contributed by atoms with Crippen LogP contribution >= 0.6 is 0 Å². The van der Waals surface area contributed by atoms with Gasteiger partial charge in [-0.05, 0) is 38.8 Å². The topological polar surface area (TPSA) is 29.3 Å². The first-order valence-electron chi connectivity index (χ1n) is 6.77. The normalized spacial score (nSPS) is 22.9. The summed E-state index contributed by atoms with van der Waals surface area (Å²) in [5.41, 5.74) is 0.840. The molecule has 1 aromatic heterocycles. The van der Waals surface area contributed by atoms with Crippen molar-refractivity contribution in [2.45, 2.75) is 44.3 Å². The Kier molecular flexibility index (Phi) is 3.28. The minimum absolute atomic E-state index is 0.191. The average Bonchev–Trinajstić information content (AvgIpc) is 3.10. The molecule has 0 aromatic carbocycles. The fourth-order valence-corrected chi connectivity index (χ4v) is 2.61. The van der Waals surface area contributed by atoms with Gasteiger partial charge < -0.3 is 4.52 Å². The van der Waals surface area contributed by atoms with E-state index >= 15 is 0 Å². The number of nitrogens with zero attached hydrogens (tertiary/aromatic N) is 2. The quantitative estimate of drug-likeness (QED) is 0.846. The molecule has 1 aromatic rings. The third kappa shape index (κ3) is 3.11. The molecule has 0 bridgehead atoms. The molecule has 1 aliphatic carbocycles. The summed E-state index contributed by atoms with van der Waals surface area (Å²) in [5, 5.41) is 4.00. The zero-order valence-electron chi connectivity index (χ0n) is 10.6. The molecule has 2 heterocycles. The molecule has 2 aliphatic rings. The molecule has 106 valence electrons. The maximum absolute atomic E-state index is 12.5. The van der Waals surface area contributed by atoms with Crippen molar-refractivity contribution in [1.29, 1.82) is 0 Å². The molecular weight excluding hydrogens is 257 g/mol. The van der Waals surface area contributed by atoms with Gasteiger partial charge in [-0.2, -0.15) is 13.2 Å². The predicted octanol–water partition coefficient (Wildman–Crippen LogP) is 3.33. The summed E-state index contributed by atoms with van der Waals surface area (Å²) in [6.07, 6.45) is -1.34. The summed E-state index contributed by atoms with van der Waals surface area (Å²) in [7, 11) is 0. The van der Waals surface area contributed by atoms with Gasteiger partial charge in [0.15, 0.2) is 0 Å². The number of hydrogen-bond acceptors (Lipinski definition) is 3. The summed E-state index contributed by atoms with van der Waals surface area (Å²) in [4.78, 5) is 2.02. The van der Waals surface area contributed by atoms with E-state index in [-0.39, 0.29) is 12.8 Å². The van der Waals surface area contributed by atoms with E-state index in [0.717, 1.165) is 24.3 Å². The molecule has 19 heavy (non-hydrogen) atoms. The SMILES string of the molecule is FC(F)(F)C1CCN(Cc2cc(C3CC3)on2)CC1. The van der Waals surface area contributed by atoms with E-state index in [9.17, 15) is 13.2 Å². The smallest absolute Gasteiger partial charge is 0.361 e. The molecule has 0 N–H and O–H groups in total. The van der Waals surface area contributed by atoms with Gasteiger partial charge in [0.1, 0.15) is 5.76 Å². The molecule has 0 unspecified atom stereocenters. The van der Waals surface area contributed by atoms with E-state index in [0.29, 0.717) is 25.6 Å². The van der Waals surface area contributed by atoms with Crippen molar-refractivity contribution in [3.8, 4) is 0 Å². The standard InChI is InChI=1S/C13H17F3N2O/c14-13(15,16)10-3-5-18(6-4-10)8-11-7-12(19-17-11)9-1-2-9/h7,9-10H,1-6,8H2. The third-order valence-electron chi connectivity index (χ3n) is 3.99. The highest BCUT2D eigenvalue weighted by atomic mass is 19.4. The highest BCUT2D eigenvalue weighted by Crippen LogP contribution is 2.40. The Labute approximate surface area is 109 Å². The molecule has 1 saturated carbocycles. The summed E-state index contributed by atoms with van der Waals surface area (Å²) in [6, 6.07) is 1.95. The Balaban J connectivity index is 1.51. The van der Waals surface area contributed by atoms with Crippen LogP contribution in [0.1, 0.15) is 43.1 Å². The van der Waals surface area contributed by atoms with Crippen molar-refractivity contribution < 1.29 is 17.7 Å². The number of rotatable bonds is 3. The number of aromatic nitrogens is 1. The van der Waals surface area contributed by atoms with Crippen LogP contribution in [-0.4, -0.2) is 29.3 Å². The minimum atomic E-state index is -4.04. The Bertz CT molecular complexity index is 431. The summed E-state index contributed by atoms with van der Waals surface area (Å²) in [5.74, 6) is 0.320. The zero-order chi connectivity index (χ0) is 13.5. The van der Waals surface area contributed by atoms with E-state index in [4.69, 9.17) is 4.52 Å². The van der Waals surface area contributed by atoms with Gasteiger partial charge in [-0.3, -0.25) is 4.90 Å². The minimum Gasteiger partial charge on any atom is -0.361 e. The Morgan fingerprint density at radius 1 is 1.21 bits per heavy atom. The lowest BCUT2D eigenvalue weighted by molar-refractivity contribution is -0.185. The van der Waals surface area contributed by atoms with E-state index < -0.39 is 12.1 Å². The summed E-state index contributed by atoms with van der Waals surface area (Å²) < 4.78 is 42.9. The number of hydrogen-bond donors (Lipinski definition) is 0. The van der Waals surface area contributed by atoms with Gasteiger partial charge in [-0.1, -0.05) is 5.16 Å². The van der Waals surface area contributed by atoms with Gasteiger partial charge in [0.25, 0.3) is 0 Å². The van der Waals surface area contributed by atoms with Crippen LogP contribution in [-0.2, 0) is 6.54 Å². The van der Waals surface area contributed by atoms with Crippen LogP contribution < -0.4 is 0 Å². The number of halogens is 3. The molecular formula is C13H17F3N2O. The molecule has 2 fully saturated rings. The van der Waals surface area contributed by atoms with Crippen LogP contribution in [0.2, 0.25) is 0 Å². The second-order valence-corrected chi connectivity index (χ2v) is 5.59. The van der Waals surface area contributed by atoms with Crippen LogP contribution in [0.5, 0.6) is 0 Å². The number of alkyl halides is 3. The highest BCUT2D eigenvalue weighted by molar-refractivity contribution is 5.14. The number of piperidine rings is 1. The van der Waals surface area contributed by atoms with Crippen molar-refractivity contribution in [2.24, 2.45) is 5.92 Å². The second kappa shape index (κ2) is 4.81. The summed E-state index contributed by atoms with van der Waals surface area (Å²) in [6.45, 7) is 1.56. The monoisotopic (exact) mass is 274 g/mol. The molecule has 3 nitrogen and oxygen atoms in total. The van der Waals surface area contributed by atoms with Crippen molar-refractivity contribution in [3.63, 3.8) is 0 Å². The molecule has 0 atom stereocenters. The van der Waals surface area contributed by atoms with Crippen LogP contribution in [0.3, 0.4) is 0 Å². The van der Waals surface area contributed by atoms with Crippen LogP contribution in [0.25, 0.3) is 0 Å². The zero-order valence-corrected chi connectivity index (χ0v) is 10.6. The van der Waals surface area contributed by atoms with E-state index in [2.05, 4.69) is 5.16 Å². The third-order valence-corrected chi connectivity index (χ3v) is 3.99. The molecule has 1 saturated heterocycles. The average molecular weight is 274 g/mol. The maximum Gasteiger partial charge on any atom is 0.391 e. The molecule has 3 rings (SSSR count). The molecule has 0 amide bonds. The van der Waals surface area contributed by atoms with Gasteiger partial charge in [-0.25, -0.2) is 0 Å². The lowest BCUT2D eigenvalue weighted by Crippen LogP contribution is -2.38. The van der Waals surface area contributed by atoms with Gasteiger partial charge in [0.05, 0.1) is 11.6 Å². The Hall–Kier alpha value is -1.04. The van der Waals surface area contributed by atoms with E-state index in [1.54, 1.807) is 0 Å². The molecule has 0 spiro atoms. The van der Waals surface area contributed by atoms with E-state index in [1.807, 2.05) is 11.0 Å². The van der Waals surface area contributed by atoms with Crippen molar-refractivity contribution in [3.05, 3.63) is 17.5 Å². The first-order chi connectivity index (χ1) is 9.02. The maximum atomic E-state index is 12.5. The van der Waals surface area contributed by atoms with Gasteiger partial charge >= 0.3 is 6.18 Å². The Morgan fingerprint density at radius 3 is 2.47 bits per heavy atom. The predicted molar refractivity (Wildman–Crippen MR) is 62.5 cm³/mol. The molecule has 0 radical (unpaired) electrons. The van der Waals surface area contributed by atoms with Crippen LogP contribution in [0, 0.1) is 5.92 Å². The van der Waals surface area contributed by atoms with Crippen molar-refractivity contribution in [1.82, 2.24) is 10.1 Å². The van der Waals surface area contributed by atoms with E-state index in [1.165, 1.54) is 0 Å². The first kappa shape index (κ1) is 13.0. The lowest BCUT2D eigenvalue weighted by Gasteiger charge is -2.32. The van der Waals surface area contributed by atoms with Gasteiger partial charge in [0, 0.05) is 18.5 Å². The number of likely N-dealkylation sites (tertiary alicyclic amines) is 1.